The zero-order valence-corrected chi connectivity index (χ0v) is 18.8. The van der Waals surface area contributed by atoms with Crippen LogP contribution in [0.3, 0.4) is 0 Å². The van der Waals surface area contributed by atoms with E-state index in [2.05, 4.69) is 15.5 Å². The van der Waals surface area contributed by atoms with Crippen molar-refractivity contribution in [2.45, 2.75) is 44.8 Å². The molecule has 33 heavy (non-hydrogen) atoms. The monoisotopic (exact) mass is 453 g/mol. The molecule has 4 amide bonds. The number of hydrogen-bond donors (Lipinski definition) is 2. The van der Waals surface area contributed by atoms with Crippen LogP contribution in [0.15, 0.2) is 18.2 Å². The van der Waals surface area contributed by atoms with Gasteiger partial charge >= 0.3 is 0 Å². The maximum atomic E-state index is 13.0. The van der Waals surface area contributed by atoms with Gasteiger partial charge in [0.1, 0.15) is 6.04 Å². The summed E-state index contributed by atoms with van der Waals surface area (Å²) in [6.07, 6.45) is 2.65. The van der Waals surface area contributed by atoms with Gasteiger partial charge in [0.15, 0.2) is 0 Å². The molecular weight excluding hydrogens is 422 g/mol. The molecule has 3 saturated heterocycles. The lowest BCUT2D eigenvalue weighted by Gasteiger charge is -2.37. The van der Waals surface area contributed by atoms with E-state index in [4.69, 9.17) is 0 Å². The largest absolute Gasteiger partial charge is 0.340 e. The van der Waals surface area contributed by atoms with E-state index in [0.717, 1.165) is 63.2 Å². The van der Waals surface area contributed by atoms with E-state index in [1.54, 1.807) is 4.90 Å². The highest BCUT2D eigenvalue weighted by atomic mass is 16.2. The molecular formula is C24H31N5O4. The molecule has 2 atom stereocenters. The van der Waals surface area contributed by atoms with Crippen LogP contribution < -0.4 is 10.6 Å². The van der Waals surface area contributed by atoms with Crippen molar-refractivity contribution in [1.29, 1.82) is 0 Å². The van der Waals surface area contributed by atoms with Crippen LogP contribution in [-0.2, 0) is 27.5 Å². The highest BCUT2D eigenvalue weighted by Gasteiger charge is 2.40. The molecule has 2 unspecified atom stereocenters. The fourth-order valence-electron chi connectivity index (χ4n) is 5.49. The zero-order valence-electron chi connectivity index (χ0n) is 18.8. The number of carbonyl (C=O) groups excluding carboxylic acids is 4. The van der Waals surface area contributed by atoms with Gasteiger partial charge < -0.3 is 15.1 Å². The number of nitrogens with zero attached hydrogens (tertiary/aromatic N) is 3. The third-order valence-electron chi connectivity index (χ3n) is 7.40. The minimum absolute atomic E-state index is 0.104. The molecule has 0 saturated carbocycles. The minimum atomic E-state index is -0.598. The van der Waals surface area contributed by atoms with Crippen molar-refractivity contribution >= 4 is 23.6 Å². The molecule has 2 N–H and O–H groups in total. The molecule has 0 radical (unpaired) electrons. The SMILES string of the molecule is O=C1CCC(N2Cc3c(CN4CCN(C(=O)C5CCCNC5)CC4)cccc3C2=O)C(=O)N1. The number of piperidine rings is 2. The van der Waals surface area contributed by atoms with Gasteiger partial charge in [-0.15, -0.1) is 0 Å². The van der Waals surface area contributed by atoms with Crippen LogP contribution in [0.5, 0.6) is 0 Å². The number of nitrogens with one attached hydrogen (secondary N) is 2. The summed E-state index contributed by atoms with van der Waals surface area (Å²) in [7, 11) is 0. The van der Waals surface area contributed by atoms with Crippen molar-refractivity contribution in [3.05, 3.63) is 34.9 Å². The highest BCUT2D eigenvalue weighted by Crippen LogP contribution is 2.30. The Balaban J connectivity index is 1.21. The third kappa shape index (κ3) is 4.39. The summed E-state index contributed by atoms with van der Waals surface area (Å²) < 4.78 is 0. The highest BCUT2D eigenvalue weighted by molar-refractivity contribution is 6.05. The van der Waals surface area contributed by atoms with Crippen LogP contribution >= 0.6 is 0 Å². The number of benzene rings is 1. The standard InChI is InChI=1S/C24H31N5O4/c30-21-7-6-20(22(31)26-21)29-15-19-17(3-1-5-18(19)24(29)33)14-27-9-11-28(12-10-27)23(32)16-4-2-8-25-13-16/h1,3,5,16,20,25H,2,4,6-15H2,(H,26,30,31). The van der Waals surface area contributed by atoms with Crippen molar-refractivity contribution in [2.24, 2.45) is 5.92 Å². The van der Waals surface area contributed by atoms with Gasteiger partial charge in [-0.25, -0.2) is 0 Å². The van der Waals surface area contributed by atoms with Gasteiger partial charge in [-0.3, -0.25) is 29.4 Å². The Morgan fingerprint density at radius 1 is 1.06 bits per heavy atom. The lowest BCUT2D eigenvalue weighted by Crippen LogP contribution is -2.52. The maximum Gasteiger partial charge on any atom is 0.255 e. The van der Waals surface area contributed by atoms with Gasteiger partial charge in [-0.05, 0) is 43.0 Å². The van der Waals surface area contributed by atoms with Crippen LogP contribution in [0.2, 0.25) is 0 Å². The van der Waals surface area contributed by atoms with Crippen LogP contribution in [0, 0.1) is 5.92 Å². The molecule has 9 heteroatoms. The molecule has 1 aromatic carbocycles. The van der Waals surface area contributed by atoms with Gasteiger partial charge in [0.25, 0.3) is 5.91 Å². The van der Waals surface area contributed by atoms with Crippen LogP contribution in [0.1, 0.15) is 47.2 Å². The van der Waals surface area contributed by atoms with Gasteiger partial charge in [0.05, 0.1) is 5.92 Å². The predicted molar refractivity (Wildman–Crippen MR) is 120 cm³/mol. The van der Waals surface area contributed by atoms with Crippen LogP contribution in [0.25, 0.3) is 0 Å². The molecule has 4 aliphatic heterocycles. The number of fused-ring (bicyclic) bond motifs is 1. The van der Waals surface area contributed by atoms with Crippen molar-refractivity contribution in [1.82, 2.24) is 25.3 Å². The normalized spacial score (nSPS) is 26.4. The number of rotatable bonds is 4. The first-order chi connectivity index (χ1) is 16.0. The van der Waals surface area contributed by atoms with E-state index in [0.29, 0.717) is 25.1 Å². The van der Waals surface area contributed by atoms with Crippen molar-refractivity contribution in [3.8, 4) is 0 Å². The number of piperazine rings is 1. The van der Waals surface area contributed by atoms with E-state index >= 15 is 0 Å². The molecule has 1 aromatic rings. The smallest absolute Gasteiger partial charge is 0.255 e. The van der Waals surface area contributed by atoms with E-state index in [1.165, 1.54) is 0 Å². The molecule has 0 bridgehead atoms. The van der Waals surface area contributed by atoms with E-state index < -0.39 is 6.04 Å². The first-order valence-corrected chi connectivity index (χ1v) is 12.0. The minimum Gasteiger partial charge on any atom is -0.340 e. The van der Waals surface area contributed by atoms with E-state index in [9.17, 15) is 19.2 Å². The molecule has 0 spiro atoms. The maximum absolute atomic E-state index is 13.0. The Hall–Kier alpha value is -2.78. The Labute approximate surface area is 193 Å². The molecule has 4 heterocycles. The molecule has 5 rings (SSSR count). The van der Waals surface area contributed by atoms with Gasteiger partial charge in [-0.1, -0.05) is 12.1 Å². The van der Waals surface area contributed by atoms with Crippen molar-refractivity contribution in [2.75, 3.05) is 39.3 Å². The van der Waals surface area contributed by atoms with Crippen molar-refractivity contribution in [3.63, 3.8) is 0 Å². The molecule has 4 aliphatic rings. The molecule has 0 aromatic heterocycles. The van der Waals surface area contributed by atoms with E-state index in [1.807, 2.05) is 23.1 Å². The number of carbonyl (C=O) groups is 4. The molecule has 0 aliphatic carbocycles. The lowest BCUT2D eigenvalue weighted by atomic mass is 9.97. The van der Waals surface area contributed by atoms with E-state index in [-0.39, 0.29) is 36.0 Å². The number of imide groups is 1. The average Bonchev–Trinajstić information content (AvgIpc) is 3.17. The first kappa shape index (κ1) is 22.0. The summed E-state index contributed by atoms with van der Waals surface area (Å²) in [6.45, 7) is 5.96. The zero-order chi connectivity index (χ0) is 22.9. The summed E-state index contributed by atoms with van der Waals surface area (Å²) in [4.78, 5) is 55.6. The lowest BCUT2D eigenvalue weighted by molar-refractivity contribution is -0.138. The summed E-state index contributed by atoms with van der Waals surface area (Å²) in [5.41, 5.74) is 2.71. The Bertz CT molecular complexity index is 966. The van der Waals surface area contributed by atoms with Crippen molar-refractivity contribution < 1.29 is 19.2 Å². The Kier molecular flexibility index (Phi) is 6.16. The van der Waals surface area contributed by atoms with Crippen LogP contribution in [0.4, 0.5) is 0 Å². The molecule has 3 fully saturated rings. The topological polar surface area (TPSA) is 102 Å². The first-order valence-electron chi connectivity index (χ1n) is 12.0. The summed E-state index contributed by atoms with van der Waals surface area (Å²) in [5, 5.41) is 5.68. The third-order valence-corrected chi connectivity index (χ3v) is 7.40. The quantitative estimate of drug-likeness (QED) is 0.627. The van der Waals surface area contributed by atoms with Gasteiger partial charge in [0, 0.05) is 57.8 Å². The fourth-order valence-corrected chi connectivity index (χ4v) is 5.49. The average molecular weight is 454 g/mol. The second kappa shape index (κ2) is 9.23. The second-order valence-electron chi connectivity index (χ2n) is 9.49. The van der Waals surface area contributed by atoms with Gasteiger partial charge in [0.2, 0.25) is 17.7 Å². The summed E-state index contributed by atoms with van der Waals surface area (Å²) >= 11 is 0. The van der Waals surface area contributed by atoms with Crippen LogP contribution in [-0.4, -0.2) is 83.6 Å². The Morgan fingerprint density at radius 2 is 1.88 bits per heavy atom. The summed E-state index contributed by atoms with van der Waals surface area (Å²) in [6, 6.07) is 5.17. The number of amides is 4. The fraction of sp³-hybridized carbons (Fsp3) is 0.583. The molecule has 9 nitrogen and oxygen atoms in total. The Morgan fingerprint density at radius 3 is 2.61 bits per heavy atom. The molecule has 176 valence electrons. The van der Waals surface area contributed by atoms with Gasteiger partial charge in [-0.2, -0.15) is 0 Å². The second-order valence-corrected chi connectivity index (χ2v) is 9.49. The summed E-state index contributed by atoms with van der Waals surface area (Å²) in [5.74, 6) is -0.431. The predicted octanol–water partition coefficient (Wildman–Crippen LogP) is 0.0914. The number of hydrogen-bond acceptors (Lipinski definition) is 6.